The number of carboxylic acid groups (broad SMARTS) is 1. The van der Waals surface area contributed by atoms with Gasteiger partial charge in [-0.2, -0.15) is 13.2 Å². The Morgan fingerprint density at radius 3 is 1.14 bits per heavy atom. The van der Waals surface area contributed by atoms with Crippen LogP contribution in [0.1, 0.15) is 185 Å². The third-order valence-corrected chi connectivity index (χ3v) is 19.3. The molecular formula is C76H128F3N17O17. The van der Waals surface area contributed by atoms with Crippen molar-refractivity contribution >= 4 is 82.8 Å². The fourth-order valence-corrected chi connectivity index (χ4v) is 13.1. The van der Waals surface area contributed by atoms with E-state index in [2.05, 4.69) is 63.8 Å². The van der Waals surface area contributed by atoms with Crippen molar-refractivity contribution in [3.05, 3.63) is 35.9 Å². The van der Waals surface area contributed by atoms with Gasteiger partial charge >= 0.3 is 12.1 Å². The molecule has 1 aromatic rings. The summed E-state index contributed by atoms with van der Waals surface area (Å²) in [6.45, 7) is 21.2. The van der Waals surface area contributed by atoms with Gasteiger partial charge in [0.2, 0.25) is 76.8 Å². The molecule has 34 nitrogen and oxygen atoms in total. The van der Waals surface area contributed by atoms with Crippen molar-refractivity contribution in [2.24, 2.45) is 58.4 Å². The first-order valence-corrected chi connectivity index (χ1v) is 39.5. The molecule has 3 aliphatic heterocycles. The number of halogens is 3. The largest absolute Gasteiger partial charge is 0.490 e. The molecule has 0 saturated carbocycles. The maximum Gasteiger partial charge on any atom is 0.490 e. The molecule has 3 fully saturated rings. The highest BCUT2D eigenvalue weighted by Gasteiger charge is 2.44. The number of benzene rings is 1. The molecule has 37 heteroatoms. The Balaban J connectivity index is 0.00000449. The second-order valence-corrected chi connectivity index (χ2v) is 31.5. The number of aliphatic hydroxyl groups excluding tert-OH is 1. The van der Waals surface area contributed by atoms with E-state index >= 15 is 4.79 Å². The van der Waals surface area contributed by atoms with E-state index in [1.54, 1.807) is 71.9 Å². The Labute approximate surface area is 660 Å². The van der Waals surface area contributed by atoms with Gasteiger partial charge in [0, 0.05) is 19.5 Å². The van der Waals surface area contributed by atoms with Gasteiger partial charge in [0.1, 0.15) is 84.7 Å². The molecule has 3 saturated heterocycles. The second-order valence-electron chi connectivity index (χ2n) is 31.5. The summed E-state index contributed by atoms with van der Waals surface area (Å²) < 4.78 is 37.9. The number of amides is 13. The van der Waals surface area contributed by atoms with Crippen molar-refractivity contribution < 1.29 is 95.2 Å². The molecule has 3 heterocycles. The fourth-order valence-electron chi connectivity index (χ4n) is 13.1. The molecule has 0 aliphatic carbocycles. The molecule has 113 heavy (non-hydrogen) atoms. The summed E-state index contributed by atoms with van der Waals surface area (Å²) in [6.07, 6.45) is -6.84. The average molecular weight is 1610 g/mol. The van der Waals surface area contributed by atoms with E-state index in [1.165, 1.54) is 4.90 Å². The molecule has 640 valence electrons. The number of nitrogens with zero attached hydrogens (tertiary/aromatic N) is 1. The topological polar surface area (TPSA) is 540 Å². The predicted octanol–water partition coefficient (Wildman–Crippen LogP) is -0.714. The van der Waals surface area contributed by atoms with Crippen LogP contribution < -0.4 is 86.7 Å². The van der Waals surface area contributed by atoms with Crippen LogP contribution in [-0.2, 0) is 78.3 Å². The molecular weight excluding hydrogens is 1480 g/mol. The Kier molecular flexibility index (Phi) is 42.9. The Hall–Kier alpha value is -8.65. The molecule has 4 rings (SSSR count). The van der Waals surface area contributed by atoms with Crippen LogP contribution in [0, 0.1) is 35.5 Å². The van der Waals surface area contributed by atoms with Crippen LogP contribution in [0.5, 0.6) is 0 Å². The number of fused-ring (bicyclic) bond motifs is 3. The monoisotopic (exact) mass is 1610 g/mol. The van der Waals surface area contributed by atoms with Gasteiger partial charge in [0.25, 0.3) is 0 Å². The number of hydrogen-bond acceptors (Lipinski definition) is 20. The van der Waals surface area contributed by atoms with Crippen molar-refractivity contribution in [3.8, 4) is 0 Å². The van der Waals surface area contributed by atoms with Gasteiger partial charge in [-0.1, -0.05) is 113 Å². The number of nitrogens with one attached hydrogen (secondary N) is 12. The summed E-state index contributed by atoms with van der Waals surface area (Å²) in [5, 5.41) is 51.7. The number of aliphatic carboxylic acids is 1. The van der Waals surface area contributed by atoms with Gasteiger partial charge in [-0.15, -0.1) is 0 Å². The highest BCUT2D eigenvalue weighted by Crippen LogP contribution is 2.24. The van der Waals surface area contributed by atoms with E-state index in [-0.39, 0.29) is 153 Å². The van der Waals surface area contributed by atoms with Crippen molar-refractivity contribution in [1.82, 2.24) is 68.7 Å². The van der Waals surface area contributed by atoms with E-state index in [0.717, 1.165) is 0 Å². The number of aliphatic hydroxyl groups is 1. The zero-order valence-corrected chi connectivity index (χ0v) is 67.5. The minimum Gasteiger partial charge on any atom is -0.475 e. The van der Waals surface area contributed by atoms with Crippen LogP contribution in [0.4, 0.5) is 13.2 Å². The first-order valence-electron chi connectivity index (χ1n) is 39.5. The number of carboxylic acids is 1. The van der Waals surface area contributed by atoms with E-state index in [4.69, 9.17) is 37.6 Å². The van der Waals surface area contributed by atoms with Gasteiger partial charge < -0.3 is 107 Å². The van der Waals surface area contributed by atoms with Crippen LogP contribution in [-0.4, -0.2) is 234 Å². The van der Waals surface area contributed by atoms with Gasteiger partial charge in [0.15, 0.2) is 0 Å². The van der Waals surface area contributed by atoms with E-state index in [0.29, 0.717) is 12.0 Å². The molecule has 0 radical (unpaired) electrons. The third kappa shape index (κ3) is 33.8. The standard InChI is InChI=1S/C74H127N17O15.C2HF3O2/c1-40(2)35-51-66(97)80-49(25-18-32-77)64(95)88-59(43(7)8)71(102)79-39-58-56(92)28-29-57(106-58)70(101)86-53(37-42(5)6)67(98)81-50(26-19-33-78)65(96)89-60(44(9)10)72(103)82-47(23-16-30-75)63(94)85-52(36-41(3)4)68(99)87-54(38-46-21-14-13-15-22-46)74(105)91-34-20-27-55(91)69(100)90-61(45(11)12)73(104)83-48(24-17-31-76)62(93)84-51;3-2(4,5)1(6)7/h13-15,21-22,40-45,47-61,92H,16-20,23-39,75-78H2,1-12H3,(H,79,102)(H,80,97)(H,81,98)(H,82,103)(H,83,104)(H,84,93)(H,85,94)(H,86,101)(H,87,99)(H,88,95)(H,89,96)(H,90,100);(H,6,7)/t47-,48-,49+,50-,51-,52-,53-,54+,55-,56-,57+,58+,59-,60-,61-;/m0./s1. The molecule has 0 aromatic heterocycles. The summed E-state index contributed by atoms with van der Waals surface area (Å²) in [6, 6.07) is -6.37. The smallest absolute Gasteiger partial charge is 0.475 e. The van der Waals surface area contributed by atoms with Crippen LogP contribution in [0.2, 0.25) is 0 Å². The van der Waals surface area contributed by atoms with Crippen LogP contribution in [0.3, 0.4) is 0 Å². The van der Waals surface area contributed by atoms with E-state index < -0.39 is 198 Å². The average Bonchev–Trinajstić information content (AvgIpc) is 1.68. The summed E-state index contributed by atoms with van der Waals surface area (Å²) in [5.41, 5.74) is 24.4. The molecule has 1 aromatic carbocycles. The van der Waals surface area contributed by atoms with Crippen molar-refractivity contribution in [2.45, 2.75) is 283 Å². The van der Waals surface area contributed by atoms with Gasteiger partial charge in [0.05, 0.1) is 6.10 Å². The SMILES string of the molecule is CC(C)C[C@@H]1NC(=O)[C@H](CCCN)NC(=O)[C@H](C(C)C)NC(=O)[C@@H]2CCCN2C(=O)[C@@H](Cc2ccccc2)NC(=O)[C@H](CC(C)C)NC(=O)[C@H](CCCN)NC(=O)[C@H](C(C)C)NC(=O)[C@H](CCCN)NC(=O)[C@H](CC(C)C)NC(=O)[C@H]2CC[C@H](O)[C@@H](CNC(=O)[C@H](C(C)C)NC(=O)[C@@H](CCCN)NC1=O)O2.O=C(O)C(F)(F)F. The normalized spacial score (nSPS) is 27.0. The lowest BCUT2D eigenvalue weighted by Gasteiger charge is -2.35. The predicted molar refractivity (Wildman–Crippen MR) is 413 cm³/mol. The summed E-state index contributed by atoms with van der Waals surface area (Å²) in [4.78, 5) is 199. The minimum absolute atomic E-state index is 0.00282. The number of nitrogens with two attached hydrogens (primary N) is 4. The minimum atomic E-state index is -5.08. The second kappa shape index (κ2) is 49.2. The van der Waals surface area contributed by atoms with Crippen LogP contribution in [0.25, 0.3) is 0 Å². The van der Waals surface area contributed by atoms with Crippen LogP contribution >= 0.6 is 0 Å². The quantitative estimate of drug-likeness (QED) is 0.0643. The fraction of sp³-hybridized carbons (Fsp3) is 0.737. The molecule has 13 amide bonds. The maximum atomic E-state index is 15.1. The number of carbonyl (C=O) groups excluding carboxylic acids is 13. The number of carbonyl (C=O) groups is 14. The zero-order chi connectivity index (χ0) is 85.1. The van der Waals surface area contributed by atoms with Crippen molar-refractivity contribution in [2.75, 3.05) is 39.3 Å². The molecule has 0 spiro atoms. The van der Waals surface area contributed by atoms with Gasteiger partial charge in [-0.25, -0.2) is 4.79 Å². The molecule has 3 aliphatic rings. The highest BCUT2D eigenvalue weighted by molar-refractivity contribution is 6.00. The lowest BCUT2D eigenvalue weighted by molar-refractivity contribution is -0.192. The molecule has 22 N–H and O–H groups in total. The van der Waals surface area contributed by atoms with Crippen molar-refractivity contribution in [3.63, 3.8) is 0 Å². The van der Waals surface area contributed by atoms with E-state index in [1.807, 2.05) is 41.5 Å². The molecule has 2 bridgehead atoms. The van der Waals surface area contributed by atoms with Crippen LogP contribution in [0.15, 0.2) is 30.3 Å². The summed E-state index contributed by atoms with van der Waals surface area (Å²) in [5.74, 6) is -14.7. The Bertz CT molecular complexity index is 3280. The summed E-state index contributed by atoms with van der Waals surface area (Å²) >= 11 is 0. The zero-order valence-electron chi connectivity index (χ0n) is 67.5. The Morgan fingerprint density at radius 2 is 0.779 bits per heavy atom. The number of ether oxygens (including phenoxy) is 1. The number of rotatable bonds is 23. The number of alkyl halides is 3. The first-order chi connectivity index (χ1) is 53.1. The number of hydrogen-bond donors (Lipinski definition) is 18. The van der Waals surface area contributed by atoms with E-state index in [9.17, 15) is 75.8 Å². The van der Waals surface area contributed by atoms with Gasteiger partial charge in [-0.05, 0) is 164 Å². The summed E-state index contributed by atoms with van der Waals surface area (Å²) in [7, 11) is 0. The van der Waals surface area contributed by atoms with Gasteiger partial charge in [-0.3, -0.25) is 62.3 Å². The third-order valence-electron chi connectivity index (χ3n) is 19.3. The highest BCUT2D eigenvalue weighted by atomic mass is 19.4. The maximum absolute atomic E-state index is 15.1. The Morgan fingerprint density at radius 1 is 0.451 bits per heavy atom. The lowest BCUT2D eigenvalue weighted by atomic mass is 9.98. The molecule has 0 unspecified atom stereocenters. The molecule has 15 atom stereocenters. The lowest BCUT2D eigenvalue weighted by Crippen LogP contribution is -2.62. The van der Waals surface area contributed by atoms with Crippen molar-refractivity contribution in [1.29, 1.82) is 0 Å². The first kappa shape index (κ1) is 98.5.